The molecule has 0 bridgehead atoms. The minimum atomic E-state index is -3.59. The molecule has 1 aliphatic heterocycles. The van der Waals surface area contributed by atoms with Crippen LogP contribution in [0.2, 0.25) is 0 Å². The fourth-order valence-electron chi connectivity index (χ4n) is 2.10. The largest absolute Gasteiger partial charge is 0.396 e. The molecule has 19 heavy (non-hydrogen) atoms. The molecule has 2 rings (SSSR count). The predicted octanol–water partition coefficient (Wildman–Crippen LogP) is 0.0677. The Morgan fingerprint density at radius 2 is 2.21 bits per heavy atom. The second-order valence-electron chi connectivity index (χ2n) is 4.47. The zero-order valence-electron chi connectivity index (χ0n) is 9.91. The van der Waals surface area contributed by atoms with Gasteiger partial charge in [0.1, 0.15) is 0 Å². The number of hydrogen-bond acceptors (Lipinski definition) is 5. The molecule has 0 spiro atoms. The lowest BCUT2D eigenvalue weighted by Crippen LogP contribution is -2.28. The van der Waals surface area contributed by atoms with Gasteiger partial charge in [0, 0.05) is 29.6 Å². The van der Waals surface area contributed by atoms with E-state index in [1.54, 1.807) is 6.07 Å². The van der Waals surface area contributed by atoms with Gasteiger partial charge in [-0.3, -0.25) is 9.69 Å². The minimum Gasteiger partial charge on any atom is -0.396 e. The summed E-state index contributed by atoms with van der Waals surface area (Å²) in [5.74, 6) is -0.390. The maximum atomic E-state index is 11.9. The monoisotopic (exact) mass is 348 g/mol. The molecular formula is C10H13BrN4O3S. The summed E-state index contributed by atoms with van der Waals surface area (Å²) >= 11 is 3.23. The molecule has 1 aliphatic rings. The van der Waals surface area contributed by atoms with Crippen LogP contribution in [0.1, 0.15) is 6.42 Å². The van der Waals surface area contributed by atoms with Gasteiger partial charge in [0.2, 0.25) is 15.9 Å². The van der Waals surface area contributed by atoms with Gasteiger partial charge in [-0.1, -0.05) is 0 Å². The summed E-state index contributed by atoms with van der Waals surface area (Å²) in [5.41, 5.74) is 6.17. The van der Waals surface area contributed by atoms with Gasteiger partial charge in [-0.25, -0.2) is 18.5 Å². The van der Waals surface area contributed by atoms with Crippen LogP contribution in [0.5, 0.6) is 0 Å². The Labute approximate surface area is 119 Å². The normalized spacial score (nSPS) is 20.0. The van der Waals surface area contributed by atoms with Crippen molar-refractivity contribution < 1.29 is 13.2 Å². The van der Waals surface area contributed by atoms with Crippen LogP contribution >= 0.6 is 15.9 Å². The Kier molecular flexibility index (Phi) is 3.79. The molecule has 0 saturated carbocycles. The number of amides is 1. The molecule has 0 radical (unpaired) electrons. The van der Waals surface area contributed by atoms with E-state index in [1.165, 1.54) is 11.1 Å². The maximum Gasteiger partial charge on any atom is 0.228 e. The van der Waals surface area contributed by atoms with Crippen LogP contribution in [-0.2, 0) is 14.8 Å². The zero-order valence-corrected chi connectivity index (χ0v) is 12.3. The molecule has 1 aromatic rings. The van der Waals surface area contributed by atoms with E-state index in [0.717, 1.165) is 0 Å². The van der Waals surface area contributed by atoms with Crippen molar-refractivity contribution in [2.45, 2.75) is 6.42 Å². The Morgan fingerprint density at radius 3 is 2.79 bits per heavy atom. The molecule has 1 amide bonds. The van der Waals surface area contributed by atoms with Gasteiger partial charge in [-0.05, 0) is 22.0 Å². The van der Waals surface area contributed by atoms with Crippen LogP contribution in [0.4, 0.5) is 11.5 Å². The molecule has 1 aromatic heterocycles. The lowest BCUT2D eigenvalue weighted by atomic mass is 10.1. The number of primary sulfonamides is 1. The van der Waals surface area contributed by atoms with Crippen LogP contribution in [0.15, 0.2) is 16.7 Å². The molecule has 0 aliphatic carbocycles. The molecule has 2 heterocycles. The van der Waals surface area contributed by atoms with Crippen LogP contribution in [0, 0.1) is 5.92 Å². The van der Waals surface area contributed by atoms with Crippen molar-refractivity contribution in [1.29, 1.82) is 0 Å². The molecule has 4 N–H and O–H groups in total. The molecule has 9 heteroatoms. The minimum absolute atomic E-state index is 0.133. The smallest absolute Gasteiger partial charge is 0.228 e. The lowest BCUT2D eigenvalue weighted by molar-refractivity contribution is -0.117. The number of pyridine rings is 1. The van der Waals surface area contributed by atoms with Crippen molar-refractivity contribution in [2.24, 2.45) is 11.1 Å². The van der Waals surface area contributed by atoms with Crippen molar-refractivity contribution in [3.8, 4) is 0 Å². The Bertz CT molecular complexity index is 619. The number of halogens is 1. The second-order valence-corrected chi connectivity index (χ2v) is 7.05. The van der Waals surface area contributed by atoms with Gasteiger partial charge in [0.15, 0.2) is 5.82 Å². The second kappa shape index (κ2) is 5.06. The summed E-state index contributed by atoms with van der Waals surface area (Å²) in [6, 6.07) is 1.64. The summed E-state index contributed by atoms with van der Waals surface area (Å²) in [6.07, 6.45) is 1.67. The number of nitrogen functional groups attached to an aromatic ring is 1. The number of aromatic nitrogens is 1. The van der Waals surface area contributed by atoms with Crippen molar-refractivity contribution in [3.63, 3.8) is 0 Å². The van der Waals surface area contributed by atoms with Crippen LogP contribution in [-0.4, -0.2) is 31.6 Å². The summed E-state index contributed by atoms with van der Waals surface area (Å²) in [4.78, 5) is 17.4. The summed E-state index contributed by atoms with van der Waals surface area (Å²) in [6.45, 7) is 0.258. The van der Waals surface area contributed by atoms with Crippen molar-refractivity contribution in [3.05, 3.63) is 16.7 Å². The van der Waals surface area contributed by atoms with E-state index in [2.05, 4.69) is 20.9 Å². The third-order valence-corrected chi connectivity index (χ3v) is 4.16. The zero-order chi connectivity index (χ0) is 14.2. The van der Waals surface area contributed by atoms with Gasteiger partial charge in [-0.2, -0.15) is 0 Å². The Balaban J connectivity index is 2.20. The van der Waals surface area contributed by atoms with E-state index in [0.29, 0.717) is 16.0 Å². The highest BCUT2D eigenvalue weighted by molar-refractivity contribution is 9.10. The molecule has 0 aromatic carbocycles. The molecule has 1 atom stereocenters. The van der Waals surface area contributed by atoms with E-state index >= 15 is 0 Å². The third kappa shape index (κ3) is 3.43. The van der Waals surface area contributed by atoms with Gasteiger partial charge >= 0.3 is 0 Å². The first-order valence-electron chi connectivity index (χ1n) is 5.48. The highest BCUT2D eigenvalue weighted by Gasteiger charge is 2.34. The maximum absolute atomic E-state index is 11.9. The van der Waals surface area contributed by atoms with Crippen molar-refractivity contribution in [2.75, 3.05) is 22.9 Å². The third-order valence-electron chi connectivity index (χ3n) is 2.79. The number of sulfonamides is 1. The average Bonchev–Trinajstić information content (AvgIpc) is 2.56. The SMILES string of the molecule is Nc1cc(Br)cnc1N1CC(CS(N)(=O)=O)CC1=O. The number of nitrogens with zero attached hydrogens (tertiary/aromatic N) is 2. The van der Waals surface area contributed by atoms with Crippen LogP contribution in [0.3, 0.4) is 0 Å². The van der Waals surface area contributed by atoms with E-state index in [-0.39, 0.29) is 30.5 Å². The first-order valence-corrected chi connectivity index (χ1v) is 7.99. The molecule has 1 saturated heterocycles. The molecule has 7 nitrogen and oxygen atoms in total. The number of carbonyl (C=O) groups is 1. The highest BCUT2D eigenvalue weighted by atomic mass is 79.9. The van der Waals surface area contributed by atoms with Gasteiger partial charge in [0.05, 0.1) is 11.4 Å². The van der Waals surface area contributed by atoms with Gasteiger partial charge < -0.3 is 5.73 Å². The van der Waals surface area contributed by atoms with Gasteiger partial charge in [-0.15, -0.1) is 0 Å². The fraction of sp³-hybridized carbons (Fsp3) is 0.400. The molecule has 1 unspecified atom stereocenters. The molecule has 104 valence electrons. The first-order chi connectivity index (χ1) is 8.76. The van der Waals surface area contributed by atoms with Gasteiger partial charge in [0.25, 0.3) is 0 Å². The van der Waals surface area contributed by atoms with Crippen LogP contribution in [0.25, 0.3) is 0 Å². The molecular weight excluding hydrogens is 336 g/mol. The summed E-state index contributed by atoms with van der Waals surface area (Å²) in [7, 11) is -3.59. The average molecular weight is 349 g/mol. The van der Waals surface area contributed by atoms with E-state index in [9.17, 15) is 13.2 Å². The number of anilines is 2. The Hall–Kier alpha value is -1.19. The van der Waals surface area contributed by atoms with Crippen molar-refractivity contribution >= 4 is 43.4 Å². The number of hydrogen-bond donors (Lipinski definition) is 2. The van der Waals surface area contributed by atoms with E-state index in [1.807, 2.05) is 0 Å². The van der Waals surface area contributed by atoms with E-state index in [4.69, 9.17) is 10.9 Å². The lowest BCUT2D eigenvalue weighted by Gasteiger charge is -2.17. The quantitative estimate of drug-likeness (QED) is 0.800. The predicted molar refractivity (Wildman–Crippen MR) is 74.8 cm³/mol. The number of rotatable bonds is 3. The number of carbonyl (C=O) groups excluding carboxylic acids is 1. The summed E-state index contributed by atoms with van der Waals surface area (Å²) < 4.78 is 22.8. The topological polar surface area (TPSA) is 119 Å². The highest BCUT2D eigenvalue weighted by Crippen LogP contribution is 2.29. The first kappa shape index (κ1) is 14.2. The fourth-order valence-corrected chi connectivity index (χ4v) is 3.33. The van der Waals surface area contributed by atoms with Crippen molar-refractivity contribution in [1.82, 2.24) is 4.98 Å². The standard InChI is InChI=1S/C10H13BrN4O3S/c11-7-2-8(12)10(14-3-7)15-4-6(1-9(15)16)5-19(13,17)18/h2-3,6H,1,4-5,12H2,(H2,13,17,18). The number of nitrogens with two attached hydrogens (primary N) is 2. The Morgan fingerprint density at radius 1 is 1.53 bits per heavy atom. The molecule has 1 fully saturated rings. The summed E-state index contributed by atoms with van der Waals surface area (Å²) in [5, 5.41) is 4.99. The van der Waals surface area contributed by atoms with E-state index < -0.39 is 10.0 Å². The van der Waals surface area contributed by atoms with Crippen LogP contribution < -0.4 is 15.8 Å².